The zero-order chi connectivity index (χ0) is 13.6. The molecule has 0 aliphatic carbocycles. The predicted molar refractivity (Wildman–Crippen MR) is 62.8 cm³/mol. The molecule has 0 saturated heterocycles. The number of hydrogen-bond donors (Lipinski definition) is 0. The van der Waals surface area contributed by atoms with Gasteiger partial charge in [-0.3, -0.25) is 0 Å². The Hall–Kier alpha value is -1.23. The molecule has 0 aromatic heterocycles. The number of hydrogen-bond acceptors (Lipinski definition) is 2. The van der Waals surface area contributed by atoms with Crippen molar-refractivity contribution in [3.63, 3.8) is 0 Å². The highest BCUT2D eigenvalue weighted by Crippen LogP contribution is 2.32. The summed E-state index contributed by atoms with van der Waals surface area (Å²) in [6.45, 7) is 2.68. The van der Waals surface area contributed by atoms with E-state index in [4.69, 9.17) is 9.47 Å². The van der Waals surface area contributed by atoms with Crippen molar-refractivity contribution in [2.75, 3.05) is 20.3 Å². The molecule has 0 bridgehead atoms. The Morgan fingerprint density at radius 1 is 1.11 bits per heavy atom. The van der Waals surface area contributed by atoms with Crippen LogP contribution >= 0.6 is 0 Å². The van der Waals surface area contributed by atoms with Crippen molar-refractivity contribution in [2.45, 2.75) is 25.9 Å². The summed E-state index contributed by atoms with van der Waals surface area (Å²) in [6, 6.07) is 3.83. The normalized spacial score (nSPS) is 11.6. The van der Waals surface area contributed by atoms with Crippen molar-refractivity contribution in [3.8, 4) is 5.75 Å². The quantitative estimate of drug-likeness (QED) is 0.728. The van der Waals surface area contributed by atoms with E-state index in [9.17, 15) is 13.2 Å². The van der Waals surface area contributed by atoms with Gasteiger partial charge in [0.25, 0.3) is 0 Å². The van der Waals surface area contributed by atoms with Gasteiger partial charge in [0.2, 0.25) is 0 Å². The molecule has 0 atom stereocenters. The van der Waals surface area contributed by atoms with E-state index in [-0.39, 0.29) is 5.75 Å². The van der Waals surface area contributed by atoms with Crippen molar-refractivity contribution < 1.29 is 22.6 Å². The first-order chi connectivity index (χ1) is 8.47. The topological polar surface area (TPSA) is 18.5 Å². The summed E-state index contributed by atoms with van der Waals surface area (Å²) in [5, 5.41) is 0. The maximum Gasteiger partial charge on any atom is 0.416 e. The molecule has 0 aliphatic heterocycles. The standard InChI is InChI=1S/C13H17F3O2/c1-3-10-7-11(13(14,15)16)9-12(8-10)18-6-4-5-17-2/h7-9H,3-6H2,1-2H3. The monoisotopic (exact) mass is 262 g/mol. The summed E-state index contributed by atoms with van der Waals surface area (Å²) < 4.78 is 48.1. The van der Waals surface area contributed by atoms with Crippen LogP contribution in [0.2, 0.25) is 0 Å². The number of halogens is 3. The molecule has 5 heteroatoms. The van der Waals surface area contributed by atoms with Crippen molar-refractivity contribution >= 4 is 0 Å². The van der Waals surface area contributed by atoms with E-state index in [0.717, 1.165) is 12.1 Å². The van der Waals surface area contributed by atoms with Gasteiger partial charge in [0, 0.05) is 20.1 Å². The van der Waals surface area contributed by atoms with Crippen LogP contribution in [0.5, 0.6) is 5.75 Å². The Morgan fingerprint density at radius 2 is 1.83 bits per heavy atom. The van der Waals surface area contributed by atoms with Gasteiger partial charge < -0.3 is 9.47 Å². The molecular formula is C13H17F3O2. The second-order valence-electron chi connectivity index (χ2n) is 3.91. The number of rotatable bonds is 6. The molecule has 0 aliphatic rings. The maximum atomic E-state index is 12.7. The van der Waals surface area contributed by atoms with Crippen molar-refractivity contribution in [3.05, 3.63) is 29.3 Å². The lowest BCUT2D eigenvalue weighted by Crippen LogP contribution is -2.07. The van der Waals surface area contributed by atoms with E-state index < -0.39 is 11.7 Å². The van der Waals surface area contributed by atoms with Crippen LogP contribution in [0.4, 0.5) is 13.2 Å². The minimum atomic E-state index is -4.34. The number of ether oxygens (including phenoxy) is 2. The van der Waals surface area contributed by atoms with Crippen molar-refractivity contribution in [1.82, 2.24) is 0 Å². The summed E-state index contributed by atoms with van der Waals surface area (Å²) in [6.07, 6.45) is -3.15. The van der Waals surface area contributed by atoms with Crippen LogP contribution in [0.15, 0.2) is 18.2 Å². The second kappa shape index (κ2) is 6.64. The lowest BCUT2D eigenvalue weighted by atomic mass is 10.1. The van der Waals surface area contributed by atoms with Crippen LogP contribution in [0.25, 0.3) is 0 Å². The zero-order valence-electron chi connectivity index (χ0n) is 10.5. The average Bonchev–Trinajstić information content (AvgIpc) is 2.33. The number of aryl methyl sites for hydroxylation is 1. The van der Waals surface area contributed by atoms with Crippen molar-refractivity contribution in [1.29, 1.82) is 0 Å². The Labute approximate surface area is 105 Å². The molecule has 0 N–H and O–H groups in total. The summed E-state index contributed by atoms with van der Waals surface area (Å²) >= 11 is 0. The molecule has 1 aromatic carbocycles. The van der Waals surface area contributed by atoms with E-state index in [1.807, 2.05) is 6.92 Å². The number of alkyl halides is 3. The molecular weight excluding hydrogens is 245 g/mol. The summed E-state index contributed by atoms with van der Waals surface area (Å²) in [5.41, 5.74) is -0.0461. The van der Waals surface area contributed by atoms with E-state index in [1.54, 1.807) is 13.2 Å². The molecule has 2 nitrogen and oxygen atoms in total. The van der Waals surface area contributed by atoms with Crippen LogP contribution in [-0.4, -0.2) is 20.3 Å². The van der Waals surface area contributed by atoms with Gasteiger partial charge in [0.1, 0.15) is 5.75 Å². The summed E-state index contributed by atoms with van der Waals surface area (Å²) in [7, 11) is 1.57. The zero-order valence-corrected chi connectivity index (χ0v) is 10.5. The van der Waals surface area contributed by atoms with Crippen LogP contribution in [0, 0.1) is 0 Å². The molecule has 0 spiro atoms. The van der Waals surface area contributed by atoms with E-state index in [2.05, 4.69) is 0 Å². The van der Waals surface area contributed by atoms with Gasteiger partial charge in [-0.1, -0.05) is 6.92 Å². The van der Waals surface area contributed by atoms with E-state index in [0.29, 0.717) is 31.6 Å². The van der Waals surface area contributed by atoms with E-state index in [1.165, 1.54) is 0 Å². The van der Waals surface area contributed by atoms with Gasteiger partial charge in [-0.15, -0.1) is 0 Å². The first-order valence-electron chi connectivity index (χ1n) is 5.80. The minimum Gasteiger partial charge on any atom is -0.493 e. The maximum absolute atomic E-state index is 12.7. The molecule has 0 heterocycles. The Kier molecular flexibility index (Phi) is 5.47. The molecule has 0 fully saturated rings. The lowest BCUT2D eigenvalue weighted by molar-refractivity contribution is -0.137. The highest BCUT2D eigenvalue weighted by atomic mass is 19.4. The third-order valence-electron chi connectivity index (χ3n) is 2.46. The first kappa shape index (κ1) is 14.8. The third-order valence-corrected chi connectivity index (χ3v) is 2.46. The Bertz CT molecular complexity index is 375. The summed E-state index contributed by atoms with van der Waals surface area (Å²) in [4.78, 5) is 0. The van der Waals surface area contributed by atoms with Gasteiger partial charge in [0.05, 0.1) is 12.2 Å². The molecule has 1 aromatic rings. The highest BCUT2D eigenvalue weighted by molar-refractivity contribution is 5.36. The van der Waals surface area contributed by atoms with Gasteiger partial charge in [-0.2, -0.15) is 13.2 Å². The van der Waals surface area contributed by atoms with Gasteiger partial charge in [-0.25, -0.2) is 0 Å². The van der Waals surface area contributed by atoms with Crippen LogP contribution < -0.4 is 4.74 Å². The highest BCUT2D eigenvalue weighted by Gasteiger charge is 2.31. The Balaban J connectivity index is 2.78. The minimum absolute atomic E-state index is 0.262. The fourth-order valence-electron chi connectivity index (χ4n) is 1.51. The number of methoxy groups -OCH3 is 1. The molecule has 102 valence electrons. The summed E-state index contributed by atoms with van der Waals surface area (Å²) in [5.74, 6) is 0.262. The average molecular weight is 262 g/mol. The fraction of sp³-hybridized carbons (Fsp3) is 0.538. The fourth-order valence-corrected chi connectivity index (χ4v) is 1.51. The van der Waals surface area contributed by atoms with E-state index >= 15 is 0 Å². The number of benzene rings is 1. The van der Waals surface area contributed by atoms with Crippen LogP contribution in [0.1, 0.15) is 24.5 Å². The van der Waals surface area contributed by atoms with Crippen LogP contribution in [0.3, 0.4) is 0 Å². The van der Waals surface area contributed by atoms with Crippen LogP contribution in [-0.2, 0) is 17.3 Å². The SMILES string of the molecule is CCc1cc(OCCCOC)cc(C(F)(F)F)c1. The first-order valence-corrected chi connectivity index (χ1v) is 5.80. The van der Waals surface area contributed by atoms with Gasteiger partial charge >= 0.3 is 6.18 Å². The van der Waals surface area contributed by atoms with Gasteiger partial charge in [-0.05, 0) is 30.2 Å². The second-order valence-corrected chi connectivity index (χ2v) is 3.91. The smallest absolute Gasteiger partial charge is 0.416 e. The molecule has 0 radical (unpaired) electrons. The molecule has 0 unspecified atom stereocenters. The molecule has 1 rings (SSSR count). The lowest BCUT2D eigenvalue weighted by Gasteiger charge is -2.12. The molecule has 0 amide bonds. The largest absolute Gasteiger partial charge is 0.493 e. The third kappa shape index (κ3) is 4.56. The van der Waals surface area contributed by atoms with Crippen molar-refractivity contribution in [2.24, 2.45) is 0 Å². The molecule has 0 saturated carbocycles. The molecule has 18 heavy (non-hydrogen) atoms. The Morgan fingerprint density at radius 3 is 2.39 bits per heavy atom. The van der Waals surface area contributed by atoms with Gasteiger partial charge in [0.15, 0.2) is 0 Å². The predicted octanol–water partition coefficient (Wildman–Crippen LogP) is 3.68.